The molecule has 0 aliphatic carbocycles. The molecule has 0 fully saturated rings. The van der Waals surface area contributed by atoms with Gasteiger partial charge in [-0.15, -0.1) is 0 Å². The lowest BCUT2D eigenvalue weighted by Gasteiger charge is -2.11. The highest BCUT2D eigenvalue weighted by atomic mass is 32.1. The van der Waals surface area contributed by atoms with Gasteiger partial charge in [-0.05, 0) is 24.6 Å². The maximum Gasteiger partial charge on any atom is 0.124 e. The van der Waals surface area contributed by atoms with E-state index in [2.05, 4.69) is 5.32 Å². The molecule has 0 saturated carbocycles. The molecular weight excluding hydrogens is 267 g/mol. The average Bonchev–Trinajstić information content (AvgIpc) is 2.39. The number of rotatable bonds is 9. The lowest BCUT2D eigenvalue weighted by Crippen LogP contribution is -2.15. The summed E-state index contributed by atoms with van der Waals surface area (Å²) in [6, 6.07) is 4.34. The number of hydrogen-bond donors (Lipinski definition) is 2. The summed E-state index contributed by atoms with van der Waals surface area (Å²) in [6.45, 7) is 2.52. The first-order chi connectivity index (χ1) is 9.15. The SMILES string of the molecule is COCCOCCCNc1ccc(F)cc1C(N)=S. The van der Waals surface area contributed by atoms with Crippen LogP contribution in [0.1, 0.15) is 12.0 Å². The Bertz CT molecular complexity index is 416. The van der Waals surface area contributed by atoms with Gasteiger partial charge in [-0.1, -0.05) is 12.2 Å². The van der Waals surface area contributed by atoms with E-state index >= 15 is 0 Å². The molecule has 0 radical (unpaired) electrons. The zero-order valence-electron chi connectivity index (χ0n) is 10.9. The van der Waals surface area contributed by atoms with E-state index < -0.39 is 0 Å². The minimum Gasteiger partial charge on any atom is -0.389 e. The third-order valence-corrected chi connectivity index (χ3v) is 2.68. The molecule has 0 aliphatic heterocycles. The molecule has 0 aromatic heterocycles. The fourth-order valence-corrected chi connectivity index (χ4v) is 1.68. The molecule has 0 saturated heterocycles. The topological polar surface area (TPSA) is 56.5 Å². The first-order valence-electron chi connectivity index (χ1n) is 6.05. The molecule has 0 bridgehead atoms. The van der Waals surface area contributed by atoms with E-state index in [0.717, 1.165) is 12.1 Å². The largest absolute Gasteiger partial charge is 0.389 e. The van der Waals surface area contributed by atoms with Crippen molar-refractivity contribution < 1.29 is 13.9 Å². The Hall–Kier alpha value is -1.24. The van der Waals surface area contributed by atoms with Crippen molar-refractivity contribution in [1.82, 2.24) is 0 Å². The predicted octanol–water partition coefficient (Wildman–Crippen LogP) is 1.92. The molecule has 19 heavy (non-hydrogen) atoms. The molecule has 0 aliphatic rings. The smallest absolute Gasteiger partial charge is 0.124 e. The number of anilines is 1. The van der Waals surface area contributed by atoms with Crippen LogP contribution >= 0.6 is 12.2 Å². The van der Waals surface area contributed by atoms with Crippen LogP contribution in [0.15, 0.2) is 18.2 Å². The van der Waals surface area contributed by atoms with E-state index in [1.165, 1.54) is 12.1 Å². The highest BCUT2D eigenvalue weighted by Crippen LogP contribution is 2.16. The van der Waals surface area contributed by atoms with Crippen molar-refractivity contribution in [3.63, 3.8) is 0 Å². The van der Waals surface area contributed by atoms with Crippen LogP contribution in [0, 0.1) is 5.82 Å². The first kappa shape index (κ1) is 15.8. The van der Waals surface area contributed by atoms with Crippen LogP contribution < -0.4 is 11.1 Å². The van der Waals surface area contributed by atoms with Gasteiger partial charge < -0.3 is 20.5 Å². The van der Waals surface area contributed by atoms with Gasteiger partial charge in [0.15, 0.2) is 0 Å². The molecule has 0 unspecified atom stereocenters. The average molecular weight is 286 g/mol. The van der Waals surface area contributed by atoms with E-state index in [-0.39, 0.29) is 10.8 Å². The van der Waals surface area contributed by atoms with Crippen molar-refractivity contribution in [2.75, 3.05) is 38.8 Å². The summed E-state index contributed by atoms with van der Waals surface area (Å²) in [5, 5.41) is 3.17. The third kappa shape index (κ3) is 5.96. The van der Waals surface area contributed by atoms with E-state index in [1.54, 1.807) is 13.2 Å². The number of ether oxygens (including phenoxy) is 2. The Kier molecular flexibility index (Phi) is 7.32. The molecule has 1 rings (SSSR count). The molecule has 4 nitrogen and oxygen atoms in total. The van der Waals surface area contributed by atoms with Gasteiger partial charge in [0.2, 0.25) is 0 Å². The van der Waals surface area contributed by atoms with Crippen LogP contribution in [0.3, 0.4) is 0 Å². The second kappa shape index (κ2) is 8.79. The summed E-state index contributed by atoms with van der Waals surface area (Å²) in [6.07, 6.45) is 0.831. The van der Waals surface area contributed by atoms with Crippen molar-refractivity contribution >= 4 is 22.9 Å². The van der Waals surface area contributed by atoms with Crippen LogP contribution in [-0.2, 0) is 9.47 Å². The van der Waals surface area contributed by atoms with E-state index in [1.807, 2.05) is 0 Å². The summed E-state index contributed by atoms with van der Waals surface area (Å²) >= 11 is 4.89. The highest BCUT2D eigenvalue weighted by molar-refractivity contribution is 7.80. The molecule has 1 aromatic rings. The number of hydrogen-bond acceptors (Lipinski definition) is 4. The summed E-state index contributed by atoms with van der Waals surface area (Å²) in [5.74, 6) is -0.351. The van der Waals surface area contributed by atoms with Gasteiger partial charge in [-0.25, -0.2) is 4.39 Å². The van der Waals surface area contributed by atoms with Crippen LogP contribution in [0.4, 0.5) is 10.1 Å². The maximum absolute atomic E-state index is 13.1. The summed E-state index contributed by atoms with van der Waals surface area (Å²) < 4.78 is 23.3. The second-order valence-electron chi connectivity index (χ2n) is 3.94. The van der Waals surface area contributed by atoms with Crippen molar-refractivity contribution in [3.8, 4) is 0 Å². The Morgan fingerprint density at radius 3 is 2.84 bits per heavy atom. The van der Waals surface area contributed by atoms with Gasteiger partial charge in [0.25, 0.3) is 0 Å². The molecule has 3 N–H and O–H groups in total. The Morgan fingerprint density at radius 1 is 1.37 bits per heavy atom. The van der Waals surface area contributed by atoms with Crippen LogP contribution in [0.5, 0.6) is 0 Å². The van der Waals surface area contributed by atoms with Gasteiger partial charge >= 0.3 is 0 Å². The summed E-state index contributed by atoms with van der Waals surface area (Å²) in [5.41, 5.74) is 6.82. The predicted molar refractivity (Wildman–Crippen MR) is 78.1 cm³/mol. The molecule has 0 spiro atoms. The van der Waals surface area contributed by atoms with Crippen LogP contribution in [0.2, 0.25) is 0 Å². The molecular formula is C13H19FN2O2S. The van der Waals surface area contributed by atoms with Gasteiger partial charge in [0, 0.05) is 31.5 Å². The number of halogens is 1. The van der Waals surface area contributed by atoms with Crippen LogP contribution in [0.25, 0.3) is 0 Å². The van der Waals surface area contributed by atoms with Crippen molar-refractivity contribution in [1.29, 1.82) is 0 Å². The van der Waals surface area contributed by atoms with Crippen molar-refractivity contribution in [2.45, 2.75) is 6.42 Å². The summed E-state index contributed by atoms with van der Waals surface area (Å²) in [7, 11) is 1.64. The Balaban J connectivity index is 2.35. The first-order valence-corrected chi connectivity index (χ1v) is 6.46. The Labute approximate surface area is 118 Å². The molecule has 1 aromatic carbocycles. The number of methoxy groups -OCH3 is 1. The fraction of sp³-hybridized carbons (Fsp3) is 0.462. The monoisotopic (exact) mass is 286 g/mol. The van der Waals surface area contributed by atoms with Gasteiger partial charge in [-0.2, -0.15) is 0 Å². The normalized spacial score (nSPS) is 10.4. The molecule has 6 heteroatoms. The molecule has 106 valence electrons. The third-order valence-electron chi connectivity index (χ3n) is 2.46. The number of thiocarbonyl (C=S) groups is 1. The number of benzene rings is 1. The highest BCUT2D eigenvalue weighted by Gasteiger charge is 2.06. The Morgan fingerprint density at radius 2 is 2.16 bits per heavy atom. The van der Waals surface area contributed by atoms with Crippen molar-refractivity contribution in [3.05, 3.63) is 29.6 Å². The number of nitrogens with two attached hydrogens (primary N) is 1. The quantitative estimate of drug-likeness (QED) is 0.536. The second-order valence-corrected chi connectivity index (χ2v) is 4.38. The molecule has 0 amide bonds. The minimum absolute atomic E-state index is 0.179. The zero-order valence-corrected chi connectivity index (χ0v) is 11.8. The fourth-order valence-electron chi connectivity index (χ4n) is 1.52. The lowest BCUT2D eigenvalue weighted by molar-refractivity contribution is 0.0705. The summed E-state index contributed by atoms with van der Waals surface area (Å²) in [4.78, 5) is 0.179. The minimum atomic E-state index is -0.351. The van der Waals surface area contributed by atoms with Gasteiger partial charge in [0.1, 0.15) is 10.8 Å². The lowest BCUT2D eigenvalue weighted by atomic mass is 10.1. The van der Waals surface area contributed by atoms with E-state index in [0.29, 0.717) is 31.9 Å². The molecule has 0 heterocycles. The van der Waals surface area contributed by atoms with Crippen molar-refractivity contribution in [2.24, 2.45) is 5.73 Å². The van der Waals surface area contributed by atoms with Gasteiger partial charge in [-0.3, -0.25) is 0 Å². The van der Waals surface area contributed by atoms with Crippen LogP contribution in [-0.4, -0.2) is 38.5 Å². The zero-order chi connectivity index (χ0) is 14.1. The standard InChI is InChI=1S/C13H19FN2O2S/c1-17-7-8-18-6-2-5-16-12-4-3-10(14)9-11(12)13(15)19/h3-4,9,16H,2,5-8H2,1H3,(H2,15,19). The maximum atomic E-state index is 13.1. The van der Waals surface area contributed by atoms with Gasteiger partial charge in [0.05, 0.1) is 13.2 Å². The van der Waals surface area contributed by atoms with E-state index in [4.69, 9.17) is 27.4 Å². The van der Waals surface area contributed by atoms with E-state index in [9.17, 15) is 4.39 Å². The molecule has 0 atom stereocenters. The number of nitrogens with one attached hydrogen (secondary N) is 1.